The molecule has 27 heavy (non-hydrogen) atoms. The van der Waals surface area contributed by atoms with Gasteiger partial charge >= 0.3 is 0 Å². The number of nitrogens with zero attached hydrogens (tertiary/aromatic N) is 2. The molecule has 0 atom stereocenters. The topological polar surface area (TPSA) is 88.1 Å². The monoisotopic (exact) mass is 389 g/mol. The van der Waals surface area contributed by atoms with Crippen molar-refractivity contribution in [1.29, 1.82) is 0 Å². The lowest BCUT2D eigenvalue weighted by molar-refractivity contribution is -0.119. The Morgan fingerprint density at radius 2 is 1.93 bits per heavy atom. The van der Waals surface area contributed by atoms with E-state index < -0.39 is 15.9 Å². The van der Waals surface area contributed by atoms with E-state index in [1.807, 2.05) is 38.1 Å². The largest absolute Gasteiger partial charge is 0.494 e. The lowest BCUT2D eigenvalue weighted by Crippen LogP contribution is -2.39. The van der Waals surface area contributed by atoms with Crippen LogP contribution in [0.25, 0.3) is 0 Å². The van der Waals surface area contributed by atoms with E-state index in [2.05, 4.69) is 10.5 Å². The molecule has 144 valence electrons. The zero-order chi connectivity index (χ0) is 19.9. The van der Waals surface area contributed by atoms with Gasteiger partial charge in [-0.3, -0.25) is 9.10 Å². The van der Waals surface area contributed by atoms with Gasteiger partial charge in [-0.15, -0.1) is 0 Å². The Bertz CT molecular complexity index is 909. The smallest absolute Gasteiger partial charge is 0.260 e. The molecule has 0 heterocycles. The van der Waals surface area contributed by atoms with Gasteiger partial charge in [0.05, 0.1) is 24.8 Å². The van der Waals surface area contributed by atoms with Crippen LogP contribution >= 0.6 is 0 Å². The van der Waals surface area contributed by atoms with Crippen LogP contribution in [0, 0.1) is 6.92 Å². The summed E-state index contributed by atoms with van der Waals surface area (Å²) in [4.78, 5) is 12.1. The highest BCUT2D eigenvalue weighted by atomic mass is 32.2. The third-order valence-electron chi connectivity index (χ3n) is 3.57. The number of hydrogen-bond donors (Lipinski definition) is 1. The summed E-state index contributed by atoms with van der Waals surface area (Å²) in [5, 5.41) is 3.88. The highest BCUT2D eigenvalue weighted by molar-refractivity contribution is 7.92. The van der Waals surface area contributed by atoms with E-state index in [0.29, 0.717) is 18.0 Å². The first-order valence-corrected chi connectivity index (χ1v) is 10.2. The predicted molar refractivity (Wildman–Crippen MR) is 107 cm³/mol. The zero-order valence-electron chi connectivity index (χ0n) is 15.5. The minimum atomic E-state index is -3.64. The Morgan fingerprint density at radius 3 is 2.52 bits per heavy atom. The maximum Gasteiger partial charge on any atom is 0.260 e. The number of rotatable bonds is 8. The molecule has 0 aliphatic rings. The third-order valence-corrected chi connectivity index (χ3v) is 4.71. The van der Waals surface area contributed by atoms with Crippen LogP contribution < -0.4 is 14.5 Å². The zero-order valence-corrected chi connectivity index (χ0v) is 16.4. The molecule has 2 aromatic carbocycles. The molecule has 0 spiro atoms. The fourth-order valence-electron chi connectivity index (χ4n) is 2.37. The van der Waals surface area contributed by atoms with E-state index in [1.165, 1.54) is 6.21 Å². The standard InChI is InChI=1S/C19H23N3O4S/c1-4-26-18-10-8-17(9-11-18)22(27(3,24)25)14-19(23)21-20-13-16-7-5-6-15(2)12-16/h5-13H,4,14H2,1-3H3,(H,21,23)/b20-13-. The van der Waals surface area contributed by atoms with Gasteiger partial charge in [0.25, 0.3) is 5.91 Å². The van der Waals surface area contributed by atoms with Crippen LogP contribution in [0.1, 0.15) is 18.1 Å². The van der Waals surface area contributed by atoms with Crippen molar-refractivity contribution in [2.45, 2.75) is 13.8 Å². The van der Waals surface area contributed by atoms with E-state index in [0.717, 1.165) is 21.7 Å². The summed E-state index contributed by atoms with van der Waals surface area (Å²) in [5.74, 6) is 0.0834. The van der Waals surface area contributed by atoms with E-state index in [4.69, 9.17) is 4.74 Å². The molecular weight excluding hydrogens is 366 g/mol. The molecule has 7 nitrogen and oxygen atoms in total. The second kappa shape index (κ2) is 9.18. The fourth-order valence-corrected chi connectivity index (χ4v) is 3.23. The van der Waals surface area contributed by atoms with Crippen LogP contribution in [0.15, 0.2) is 53.6 Å². The first-order chi connectivity index (χ1) is 12.8. The van der Waals surface area contributed by atoms with Gasteiger partial charge in [-0.1, -0.05) is 29.8 Å². The predicted octanol–water partition coefficient (Wildman–Crippen LogP) is 2.31. The molecule has 0 aliphatic carbocycles. The number of hydrogen-bond acceptors (Lipinski definition) is 5. The van der Waals surface area contributed by atoms with Crippen LogP contribution in [-0.4, -0.2) is 39.9 Å². The van der Waals surface area contributed by atoms with Gasteiger partial charge in [-0.2, -0.15) is 5.10 Å². The summed E-state index contributed by atoms with van der Waals surface area (Å²) in [6.07, 6.45) is 2.55. The number of hydrazone groups is 1. The molecule has 0 saturated heterocycles. The van der Waals surface area contributed by atoms with Crippen LogP contribution in [0.2, 0.25) is 0 Å². The maximum atomic E-state index is 12.1. The van der Waals surface area contributed by atoms with Gasteiger partial charge < -0.3 is 4.74 Å². The van der Waals surface area contributed by atoms with Gasteiger partial charge in [0, 0.05) is 0 Å². The number of ether oxygens (including phenoxy) is 1. The van der Waals surface area contributed by atoms with Crippen LogP contribution in [0.5, 0.6) is 5.75 Å². The lowest BCUT2D eigenvalue weighted by atomic mass is 10.2. The van der Waals surface area contributed by atoms with Crippen LogP contribution in [0.4, 0.5) is 5.69 Å². The summed E-state index contributed by atoms with van der Waals surface area (Å²) >= 11 is 0. The van der Waals surface area contributed by atoms with E-state index >= 15 is 0 Å². The third kappa shape index (κ3) is 6.41. The summed E-state index contributed by atoms with van der Waals surface area (Å²) in [6, 6.07) is 14.1. The van der Waals surface area contributed by atoms with Crippen LogP contribution in [0.3, 0.4) is 0 Å². The minimum Gasteiger partial charge on any atom is -0.494 e. The van der Waals surface area contributed by atoms with Gasteiger partial charge in [0.15, 0.2) is 0 Å². The SMILES string of the molecule is CCOc1ccc(N(CC(=O)N/N=C\c2cccc(C)c2)S(C)(=O)=O)cc1. The Balaban J connectivity index is 2.06. The highest BCUT2D eigenvalue weighted by Gasteiger charge is 2.20. The molecule has 8 heteroatoms. The van der Waals surface area contributed by atoms with Gasteiger partial charge in [0.1, 0.15) is 12.3 Å². The Kier molecular flexibility index (Phi) is 6.95. The molecule has 0 fully saturated rings. The molecule has 2 aromatic rings. The van der Waals surface area contributed by atoms with Gasteiger partial charge in [-0.05, 0) is 43.7 Å². The Hall–Kier alpha value is -2.87. The number of carbonyl (C=O) groups is 1. The number of sulfonamides is 1. The van der Waals surface area contributed by atoms with Gasteiger partial charge in [0.2, 0.25) is 10.0 Å². The molecule has 1 N–H and O–H groups in total. The van der Waals surface area contributed by atoms with Crippen molar-refractivity contribution in [3.63, 3.8) is 0 Å². The van der Waals surface area contributed by atoms with E-state index in [-0.39, 0.29) is 6.54 Å². The molecule has 0 unspecified atom stereocenters. The Labute approximate surface area is 159 Å². The molecular formula is C19H23N3O4S. The number of amides is 1. The number of aryl methyl sites for hydroxylation is 1. The van der Waals surface area contributed by atoms with Crippen molar-refractivity contribution in [1.82, 2.24) is 5.43 Å². The van der Waals surface area contributed by atoms with E-state index in [1.54, 1.807) is 24.3 Å². The summed E-state index contributed by atoms with van der Waals surface area (Å²) in [6.45, 7) is 3.95. The summed E-state index contributed by atoms with van der Waals surface area (Å²) in [7, 11) is -3.64. The molecule has 2 rings (SSSR count). The average Bonchev–Trinajstić information content (AvgIpc) is 2.60. The quantitative estimate of drug-likeness (QED) is 0.554. The number of benzene rings is 2. The van der Waals surface area contributed by atoms with Crippen molar-refractivity contribution in [2.75, 3.05) is 23.7 Å². The second-order valence-corrected chi connectivity index (χ2v) is 7.81. The molecule has 0 bridgehead atoms. The number of nitrogens with one attached hydrogen (secondary N) is 1. The van der Waals surface area contributed by atoms with Crippen molar-refractivity contribution in [3.8, 4) is 5.75 Å². The van der Waals surface area contributed by atoms with E-state index in [9.17, 15) is 13.2 Å². The number of carbonyl (C=O) groups excluding carboxylic acids is 1. The summed E-state index contributed by atoms with van der Waals surface area (Å²) in [5.41, 5.74) is 4.64. The number of anilines is 1. The maximum absolute atomic E-state index is 12.1. The molecule has 1 amide bonds. The molecule has 0 saturated carbocycles. The normalized spacial score (nSPS) is 11.4. The average molecular weight is 389 g/mol. The highest BCUT2D eigenvalue weighted by Crippen LogP contribution is 2.21. The lowest BCUT2D eigenvalue weighted by Gasteiger charge is -2.21. The Morgan fingerprint density at radius 1 is 1.22 bits per heavy atom. The van der Waals surface area contributed by atoms with Crippen molar-refractivity contribution in [3.05, 3.63) is 59.7 Å². The molecule has 0 radical (unpaired) electrons. The first kappa shape index (κ1) is 20.4. The van der Waals surface area contributed by atoms with Crippen molar-refractivity contribution in [2.24, 2.45) is 5.10 Å². The van der Waals surface area contributed by atoms with Crippen LogP contribution in [-0.2, 0) is 14.8 Å². The first-order valence-electron chi connectivity index (χ1n) is 8.38. The van der Waals surface area contributed by atoms with Crippen molar-refractivity contribution >= 4 is 27.8 Å². The fraction of sp³-hybridized carbons (Fsp3) is 0.263. The molecule has 0 aromatic heterocycles. The minimum absolute atomic E-state index is 0.374. The summed E-state index contributed by atoms with van der Waals surface area (Å²) < 4.78 is 30.5. The molecule has 0 aliphatic heterocycles. The van der Waals surface area contributed by atoms with Crippen molar-refractivity contribution < 1.29 is 17.9 Å². The second-order valence-electron chi connectivity index (χ2n) is 5.90. The van der Waals surface area contributed by atoms with Gasteiger partial charge in [-0.25, -0.2) is 13.8 Å².